The van der Waals surface area contributed by atoms with E-state index < -0.39 is 0 Å². The number of ether oxygens (including phenoxy) is 1. The third-order valence-corrected chi connectivity index (χ3v) is 3.48. The van der Waals surface area contributed by atoms with Crippen LogP contribution in [0.4, 0.5) is 0 Å². The molecule has 3 nitrogen and oxygen atoms in total. The number of hydrogen-bond donors (Lipinski definition) is 1. The van der Waals surface area contributed by atoms with Crippen molar-refractivity contribution in [2.75, 3.05) is 40.8 Å². The van der Waals surface area contributed by atoms with E-state index in [1.165, 1.54) is 11.1 Å². The summed E-state index contributed by atoms with van der Waals surface area (Å²) in [6.07, 6.45) is 1.03. The van der Waals surface area contributed by atoms with Crippen molar-refractivity contribution in [2.24, 2.45) is 0 Å². The highest BCUT2D eigenvalue weighted by atomic mass is 16.5. The number of nitrogens with one attached hydrogen (secondary N) is 1. The second-order valence-corrected chi connectivity index (χ2v) is 5.38. The Kier molecular flexibility index (Phi) is 6.89. The molecule has 0 saturated heterocycles. The number of benzene rings is 1. The van der Waals surface area contributed by atoms with Gasteiger partial charge in [-0.25, -0.2) is 0 Å². The second-order valence-electron chi connectivity index (χ2n) is 5.38. The van der Waals surface area contributed by atoms with Gasteiger partial charge in [-0.05, 0) is 43.6 Å². The minimum absolute atomic E-state index is 0.543. The van der Waals surface area contributed by atoms with Crippen LogP contribution in [0.2, 0.25) is 0 Å². The predicted octanol–water partition coefficient (Wildman–Crippen LogP) is 2.51. The van der Waals surface area contributed by atoms with Gasteiger partial charge in [0.25, 0.3) is 0 Å². The van der Waals surface area contributed by atoms with Crippen molar-refractivity contribution in [2.45, 2.75) is 26.2 Å². The van der Waals surface area contributed by atoms with Gasteiger partial charge in [0.2, 0.25) is 0 Å². The van der Waals surface area contributed by atoms with Gasteiger partial charge in [-0.1, -0.05) is 26.0 Å². The zero-order valence-corrected chi connectivity index (χ0v) is 13.0. The first-order chi connectivity index (χ1) is 9.08. The summed E-state index contributed by atoms with van der Waals surface area (Å²) in [7, 11) is 5.90. The molecule has 0 radical (unpaired) electrons. The Morgan fingerprint density at radius 1 is 1.26 bits per heavy atom. The Morgan fingerprint density at radius 2 is 2.00 bits per heavy atom. The monoisotopic (exact) mass is 264 g/mol. The molecule has 0 fully saturated rings. The third-order valence-electron chi connectivity index (χ3n) is 3.48. The first-order valence-electron chi connectivity index (χ1n) is 7.08. The highest BCUT2D eigenvalue weighted by Gasteiger charge is 2.08. The second kappa shape index (κ2) is 8.18. The van der Waals surface area contributed by atoms with Gasteiger partial charge in [0.1, 0.15) is 5.75 Å². The Morgan fingerprint density at radius 3 is 2.58 bits per heavy atom. The fraction of sp³-hybridized carbons (Fsp3) is 0.625. The van der Waals surface area contributed by atoms with Gasteiger partial charge in [0, 0.05) is 19.6 Å². The molecule has 0 aliphatic rings. The number of likely N-dealkylation sites (N-methyl/N-ethyl adjacent to an activating group) is 2. The van der Waals surface area contributed by atoms with Crippen LogP contribution in [-0.2, 0) is 6.42 Å². The van der Waals surface area contributed by atoms with Crippen LogP contribution in [0, 0.1) is 0 Å². The molecule has 1 rings (SSSR count). The molecule has 0 aliphatic carbocycles. The number of nitrogens with zero attached hydrogens (tertiary/aromatic N) is 1. The summed E-state index contributed by atoms with van der Waals surface area (Å²) in [4.78, 5) is 2.34. The van der Waals surface area contributed by atoms with Crippen molar-refractivity contribution in [3.8, 4) is 5.75 Å². The van der Waals surface area contributed by atoms with Gasteiger partial charge in [-0.3, -0.25) is 0 Å². The standard InChI is InChI=1S/C16H28N2O/c1-13(2)15-7-6-14(16(12-15)19-5)8-10-18(4)11-9-17-3/h6-7,12-13,17H,8-11H2,1-5H3. The van der Waals surface area contributed by atoms with Gasteiger partial charge in [-0.15, -0.1) is 0 Å². The van der Waals surface area contributed by atoms with E-state index in [-0.39, 0.29) is 0 Å². The van der Waals surface area contributed by atoms with Crippen molar-refractivity contribution in [3.63, 3.8) is 0 Å². The Bertz CT molecular complexity index is 377. The van der Waals surface area contributed by atoms with E-state index in [1.807, 2.05) is 7.05 Å². The maximum Gasteiger partial charge on any atom is 0.122 e. The van der Waals surface area contributed by atoms with Crippen LogP contribution in [0.15, 0.2) is 18.2 Å². The van der Waals surface area contributed by atoms with Crippen LogP contribution < -0.4 is 10.1 Å². The van der Waals surface area contributed by atoms with Crippen molar-refractivity contribution >= 4 is 0 Å². The first-order valence-corrected chi connectivity index (χ1v) is 7.08. The minimum Gasteiger partial charge on any atom is -0.496 e. The zero-order valence-electron chi connectivity index (χ0n) is 13.0. The van der Waals surface area contributed by atoms with Crippen LogP contribution >= 0.6 is 0 Å². The van der Waals surface area contributed by atoms with Gasteiger partial charge < -0.3 is 15.0 Å². The Balaban J connectivity index is 2.62. The summed E-state index contributed by atoms with van der Waals surface area (Å²) in [6.45, 7) is 7.57. The molecule has 0 aliphatic heterocycles. The molecule has 1 aromatic carbocycles. The topological polar surface area (TPSA) is 24.5 Å². The predicted molar refractivity (Wildman–Crippen MR) is 82.2 cm³/mol. The summed E-state index contributed by atoms with van der Waals surface area (Å²) >= 11 is 0. The summed E-state index contributed by atoms with van der Waals surface area (Å²) in [6, 6.07) is 6.60. The molecule has 0 atom stereocenters. The number of methoxy groups -OCH3 is 1. The highest BCUT2D eigenvalue weighted by Crippen LogP contribution is 2.25. The summed E-state index contributed by atoms with van der Waals surface area (Å²) in [5, 5.41) is 3.17. The van der Waals surface area contributed by atoms with Crippen molar-refractivity contribution in [1.29, 1.82) is 0 Å². The molecule has 1 aromatic rings. The normalized spacial score (nSPS) is 11.3. The molecule has 0 spiro atoms. The molecule has 19 heavy (non-hydrogen) atoms. The van der Waals surface area contributed by atoms with Crippen LogP contribution in [0.25, 0.3) is 0 Å². The minimum atomic E-state index is 0.543. The molecule has 0 amide bonds. The van der Waals surface area contributed by atoms with Gasteiger partial charge in [0.15, 0.2) is 0 Å². The molecule has 3 heteroatoms. The zero-order chi connectivity index (χ0) is 14.3. The molecule has 0 unspecified atom stereocenters. The molecule has 0 aromatic heterocycles. The van der Waals surface area contributed by atoms with Gasteiger partial charge in [-0.2, -0.15) is 0 Å². The fourth-order valence-electron chi connectivity index (χ4n) is 2.05. The van der Waals surface area contributed by atoms with Crippen molar-refractivity contribution in [3.05, 3.63) is 29.3 Å². The van der Waals surface area contributed by atoms with Crippen LogP contribution in [0.3, 0.4) is 0 Å². The van der Waals surface area contributed by atoms with Gasteiger partial charge >= 0.3 is 0 Å². The van der Waals surface area contributed by atoms with Crippen LogP contribution in [0.1, 0.15) is 30.9 Å². The quantitative estimate of drug-likeness (QED) is 0.781. The van der Waals surface area contributed by atoms with E-state index in [1.54, 1.807) is 7.11 Å². The Hall–Kier alpha value is -1.06. The summed E-state index contributed by atoms with van der Waals surface area (Å²) in [5.41, 5.74) is 2.63. The third kappa shape index (κ3) is 5.21. The number of hydrogen-bond acceptors (Lipinski definition) is 3. The van der Waals surface area contributed by atoms with E-state index in [0.29, 0.717) is 5.92 Å². The van der Waals surface area contributed by atoms with E-state index >= 15 is 0 Å². The number of rotatable bonds is 8. The van der Waals surface area contributed by atoms with Crippen molar-refractivity contribution in [1.82, 2.24) is 10.2 Å². The smallest absolute Gasteiger partial charge is 0.122 e. The lowest BCUT2D eigenvalue weighted by Gasteiger charge is -2.18. The van der Waals surface area contributed by atoms with E-state index in [9.17, 15) is 0 Å². The maximum absolute atomic E-state index is 5.52. The molecule has 1 N–H and O–H groups in total. The molecule has 0 bridgehead atoms. The SMILES string of the molecule is CNCCN(C)CCc1ccc(C(C)C)cc1OC. The first kappa shape index (κ1) is 16.0. The summed E-state index contributed by atoms with van der Waals surface area (Å²) < 4.78 is 5.52. The van der Waals surface area contributed by atoms with E-state index in [2.05, 4.69) is 49.3 Å². The molecule has 0 heterocycles. The molecular formula is C16H28N2O. The molecule has 108 valence electrons. The molecule has 0 saturated carbocycles. The lowest BCUT2D eigenvalue weighted by Crippen LogP contribution is -2.29. The molecular weight excluding hydrogens is 236 g/mol. The average Bonchev–Trinajstić information content (AvgIpc) is 2.42. The average molecular weight is 264 g/mol. The largest absolute Gasteiger partial charge is 0.496 e. The Labute approximate surface area is 118 Å². The van der Waals surface area contributed by atoms with Crippen LogP contribution in [0.5, 0.6) is 5.75 Å². The lowest BCUT2D eigenvalue weighted by atomic mass is 10.00. The fourth-order valence-corrected chi connectivity index (χ4v) is 2.05. The van der Waals surface area contributed by atoms with E-state index in [4.69, 9.17) is 4.74 Å². The summed E-state index contributed by atoms with van der Waals surface area (Å²) in [5.74, 6) is 1.56. The highest BCUT2D eigenvalue weighted by molar-refractivity contribution is 5.38. The van der Waals surface area contributed by atoms with Crippen molar-refractivity contribution < 1.29 is 4.74 Å². The van der Waals surface area contributed by atoms with Gasteiger partial charge in [0.05, 0.1) is 7.11 Å². The lowest BCUT2D eigenvalue weighted by molar-refractivity contribution is 0.336. The maximum atomic E-state index is 5.52. The van der Waals surface area contributed by atoms with Crippen LogP contribution in [-0.4, -0.2) is 45.7 Å². The van der Waals surface area contributed by atoms with E-state index in [0.717, 1.165) is 31.8 Å².